The lowest BCUT2D eigenvalue weighted by Crippen LogP contribution is -1.89. The van der Waals surface area contributed by atoms with Crippen LogP contribution in [0.2, 0.25) is 5.02 Å². The average molecular weight is 320 g/mol. The molecule has 0 bridgehead atoms. The Morgan fingerprint density at radius 1 is 1.29 bits per heavy atom. The van der Waals surface area contributed by atoms with E-state index >= 15 is 0 Å². The summed E-state index contributed by atoms with van der Waals surface area (Å²) >= 11 is 7.01. The fraction of sp³-hybridized carbons (Fsp3) is 0. The molecule has 0 aliphatic rings. The predicted molar refractivity (Wildman–Crippen MR) is 83.9 cm³/mol. The van der Waals surface area contributed by atoms with Crippen molar-refractivity contribution in [2.75, 3.05) is 0 Å². The van der Waals surface area contributed by atoms with E-state index in [0.717, 1.165) is 16.9 Å². The lowest BCUT2D eigenvalue weighted by atomic mass is 10.2. The molecule has 0 unspecified atom stereocenters. The number of H-pyrrole nitrogens is 1. The molecular formula is C15H10ClNO3S. The molecule has 0 radical (unpaired) electrons. The number of rotatable bonds is 3. The van der Waals surface area contributed by atoms with Gasteiger partial charge in [0.15, 0.2) is 0 Å². The minimum Gasteiger partial charge on any atom is -0.493 e. The zero-order valence-electron chi connectivity index (χ0n) is 10.7. The van der Waals surface area contributed by atoms with Gasteiger partial charge in [0.25, 0.3) is 0 Å². The van der Waals surface area contributed by atoms with Gasteiger partial charge in [-0.25, -0.2) is 0 Å². The van der Waals surface area contributed by atoms with Gasteiger partial charge in [0.05, 0.1) is 5.02 Å². The van der Waals surface area contributed by atoms with Gasteiger partial charge in [-0.2, -0.15) is 0 Å². The number of halogens is 1. The molecular weight excluding hydrogens is 310 g/mol. The van der Waals surface area contributed by atoms with Crippen LogP contribution in [0.25, 0.3) is 16.9 Å². The second-order valence-corrected chi connectivity index (χ2v) is 5.70. The normalized spacial score (nSPS) is 10.7. The Balaban J connectivity index is 1.99. The molecule has 0 amide bonds. The molecule has 0 saturated carbocycles. The fourth-order valence-corrected chi connectivity index (χ4v) is 2.88. The van der Waals surface area contributed by atoms with Crippen LogP contribution in [0, 0.1) is 0 Å². The van der Waals surface area contributed by atoms with Crippen LogP contribution in [0.1, 0.15) is 10.6 Å². The third kappa shape index (κ3) is 2.53. The van der Waals surface area contributed by atoms with E-state index < -0.39 is 0 Å². The van der Waals surface area contributed by atoms with Crippen LogP contribution in [0.4, 0.5) is 0 Å². The van der Waals surface area contributed by atoms with E-state index in [9.17, 15) is 9.90 Å². The molecule has 4 nitrogen and oxygen atoms in total. The molecule has 0 aliphatic heterocycles. The van der Waals surface area contributed by atoms with Crippen molar-refractivity contribution in [1.82, 2.24) is 4.98 Å². The quantitative estimate of drug-likeness (QED) is 0.763. The van der Waals surface area contributed by atoms with Crippen molar-refractivity contribution in [2.45, 2.75) is 0 Å². The molecule has 2 aromatic heterocycles. The predicted octanol–water partition coefficient (Wildman–Crippen LogP) is 4.12. The van der Waals surface area contributed by atoms with Crippen molar-refractivity contribution in [1.29, 1.82) is 0 Å². The summed E-state index contributed by atoms with van der Waals surface area (Å²) in [5.74, 6) is 0.861. The van der Waals surface area contributed by atoms with E-state index in [2.05, 4.69) is 11.6 Å². The molecule has 0 spiro atoms. The number of hydrogen-bond acceptors (Lipinski definition) is 4. The number of thiazole rings is 1. The Bertz CT molecular complexity index is 875. The molecule has 3 rings (SSSR count). The van der Waals surface area contributed by atoms with Crippen molar-refractivity contribution in [3.8, 4) is 17.2 Å². The van der Waals surface area contributed by atoms with E-state index in [1.54, 1.807) is 18.2 Å². The molecule has 21 heavy (non-hydrogen) atoms. The number of hydrogen-bond donors (Lipinski definition) is 2. The maximum absolute atomic E-state index is 11.2. The number of furan rings is 1. The zero-order valence-corrected chi connectivity index (χ0v) is 12.3. The third-order valence-corrected chi connectivity index (χ3v) is 4.21. The maximum atomic E-state index is 11.2. The molecule has 2 heterocycles. The van der Waals surface area contributed by atoms with E-state index in [4.69, 9.17) is 16.0 Å². The molecule has 0 aliphatic carbocycles. The molecule has 6 heteroatoms. The monoisotopic (exact) mass is 319 g/mol. The SMILES string of the molecule is C=C(c1ccc(-c2ccccc2Cl)o1)c1sc(=O)[nH]c1O. The van der Waals surface area contributed by atoms with Gasteiger partial charge in [-0.1, -0.05) is 41.6 Å². The first kappa shape index (κ1) is 13.7. The summed E-state index contributed by atoms with van der Waals surface area (Å²) in [7, 11) is 0. The van der Waals surface area contributed by atoms with Gasteiger partial charge in [-0.05, 0) is 24.3 Å². The van der Waals surface area contributed by atoms with Gasteiger partial charge in [0.1, 0.15) is 16.4 Å². The van der Waals surface area contributed by atoms with Crippen molar-refractivity contribution >= 4 is 28.5 Å². The second kappa shape index (κ2) is 5.27. The first-order valence-corrected chi connectivity index (χ1v) is 7.22. The van der Waals surface area contributed by atoms with E-state index in [-0.39, 0.29) is 10.8 Å². The minimum atomic E-state index is -0.346. The molecule has 106 valence electrons. The van der Waals surface area contributed by atoms with E-state index in [1.165, 1.54) is 0 Å². The topological polar surface area (TPSA) is 66.2 Å². The van der Waals surface area contributed by atoms with E-state index in [1.807, 2.05) is 18.2 Å². The van der Waals surface area contributed by atoms with Crippen molar-refractivity contribution in [3.05, 3.63) is 68.3 Å². The van der Waals surface area contributed by atoms with Gasteiger partial charge in [0.2, 0.25) is 5.88 Å². The Morgan fingerprint density at radius 2 is 2.05 bits per heavy atom. The number of nitrogens with one attached hydrogen (secondary N) is 1. The van der Waals surface area contributed by atoms with Crippen LogP contribution in [-0.2, 0) is 0 Å². The van der Waals surface area contributed by atoms with Gasteiger partial charge in [-0.3, -0.25) is 9.78 Å². The number of benzene rings is 1. The van der Waals surface area contributed by atoms with Gasteiger partial charge >= 0.3 is 4.87 Å². The number of aromatic hydroxyl groups is 1. The smallest absolute Gasteiger partial charge is 0.307 e. The highest BCUT2D eigenvalue weighted by molar-refractivity contribution is 7.10. The molecule has 2 N–H and O–H groups in total. The minimum absolute atomic E-state index is 0.203. The summed E-state index contributed by atoms with van der Waals surface area (Å²) < 4.78 is 5.73. The highest BCUT2D eigenvalue weighted by atomic mass is 35.5. The molecule has 3 aromatic rings. The summed E-state index contributed by atoms with van der Waals surface area (Å²) in [4.78, 5) is 13.5. The lowest BCUT2D eigenvalue weighted by Gasteiger charge is -2.01. The summed E-state index contributed by atoms with van der Waals surface area (Å²) in [6, 6.07) is 10.8. The standard InChI is InChI=1S/C15H10ClNO3S/c1-8(13-14(18)17-15(19)21-13)11-6-7-12(20-11)9-4-2-3-5-10(9)16/h2-7,18H,1H2,(H,17,19). The Labute approximate surface area is 128 Å². The molecule has 1 aromatic carbocycles. The average Bonchev–Trinajstić information content (AvgIpc) is 3.05. The summed E-state index contributed by atoms with van der Waals surface area (Å²) in [6.45, 7) is 3.86. The highest BCUT2D eigenvalue weighted by Gasteiger charge is 2.16. The molecule has 0 saturated heterocycles. The number of aromatic amines is 1. The Morgan fingerprint density at radius 3 is 2.71 bits per heavy atom. The van der Waals surface area contributed by atoms with Crippen LogP contribution in [-0.4, -0.2) is 10.1 Å². The largest absolute Gasteiger partial charge is 0.493 e. The van der Waals surface area contributed by atoms with Gasteiger partial charge < -0.3 is 9.52 Å². The van der Waals surface area contributed by atoms with Gasteiger partial charge in [-0.15, -0.1) is 0 Å². The summed E-state index contributed by atoms with van der Waals surface area (Å²) in [5, 5.41) is 10.2. The second-order valence-electron chi connectivity index (χ2n) is 4.31. The van der Waals surface area contributed by atoms with Crippen molar-refractivity contribution in [3.63, 3.8) is 0 Å². The molecule has 0 atom stereocenters. The number of aromatic nitrogens is 1. The Hall–Kier alpha value is -2.24. The van der Waals surface area contributed by atoms with Crippen molar-refractivity contribution in [2.24, 2.45) is 0 Å². The highest BCUT2D eigenvalue weighted by Crippen LogP contribution is 2.34. The lowest BCUT2D eigenvalue weighted by molar-refractivity contribution is 0.454. The van der Waals surface area contributed by atoms with Crippen LogP contribution in [0.5, 0.6) is 5.88 Å². The van der Waals surface area contributed by atoms with Crippen molar-refractivity contribution < 1.29 is 9.52 Å². The summed E-state index contributed by atoms with van der Waals surface area (Å²) in [5.41, 5.74) is 1.21. The van der Waals surface area contributed by atoms with E-state index in [0.29, 0.717) is 27.0 Å². The van der Waals surface area contributed by atoms with Crippen LogP contribution in [0.15, 0.2) is 52.2 Å². The van der Waals surface area contributed by atoms with Gasteiger partial charge in [0, 0.05) is 11.1 Å². The van der Waals surface area contributed by atoms with Crippen LogP contribution >= 0.6 is 22.9 Å². The third-order valence-electron chi connectivity index (χ3n) is 2.95. The summed E-state index contributed by atoms with van der Waals surface area (Å²) in [6.07, 6.45) is 0. The fourth-order valence-electron chi connectivity index (χ4n) is 1.94. The zero-order chi connectivity index (χ0) is 15.0. The maximum Gasteiger partial charge on any atom is 0.307 e. The molecule has 0 fully saturated rings. The Kier molecular flexibility index (Phi) is 3.45. The first-order valence-electron chi connectivity index (χ1n) is 6.02. The first-order chi connectivity index (χ1) is 10.1. The van der Waals surface area contributed by atoms with Crippen LogP contribution in [0.3, 0.4) is 0 Å². The van der Waals surface area contributed by atoms with Crippen LogP contribution < -0.4 is 4.87 Å².